The Labute approximate surface area is 97.9 Å². The molecule has 0 aliphatic carbocycles. The van der Waals surface area contributed by atoms with Crippen LogP contribution in [0.5, 0.6) is 0 Å². The highest BCUT2D eigenvalue weighted by Crippen LogP contribution is 2.17. The number of aromatic nitrogens is 2. The quantitative estimate of drug-likeness (QED) is 0.865. The Balaban J connectivity index is 2.36. The van der Waals surface area contributed by atoms with E-state index in [0.29, 0.717) is 16.8 Å². The van der Waals surface area contributed by atoms with Crippen molar-refractivity contribution in [1.82, 2.24) is 10.2 Å². The molecule has 0 radical (unpaired) electrons. The number of aryl methyl sites for hydroxylation is 1. The van der Waals surface area contributed by atoms with Gasteiger partial charge in [0.1, 0.15) is 5.01 Å². The Bertz CT molecular complexity index is 327. The molecule has 1 N–H and O–H groups in total. The minimum Gasteiger partial charge on any atom is -0.300 e. The van der Waals surface area contributed by atoms with E-state index in [-0.39, 0.29) is 5.91 Å². The number of nitrogens with one attached hydrogen (secondary N) is 1. The van der Waals surface area contributed by atoms with Gasteiger partial charge in [0.2, 0.25) is 11.0 Å². The number of carbonyl (C=O) groups excluding carboxylic acids is 1. The molecule has 1 aromatic heterocycles. The second-order valence-corrected chi connectivity index (χ2v) is 6.04. The molecule has 84 valence electrons. The first-order valence-corrected chi connectivity index (χ1v) is 6.70. The molecule has 0 fully saturated rings. The Kier molecular flexibility index (Phi) is 5.04. The van der Waals surface area contributed by atoms with Crippen LogP contribution in [0.3, 0.4) is 0 Å². The minimum atomic E-state index is 0.0135. The van der Waals surface area contributed by atoms with Gasteiger partial charge in [0.15, 0.2) is 0 Å². The fraction of sp³-hybridized carbons (Fsp3) is 0.667. The van der Waals surface area contributed by atoms with Crippen LogP contribution in [0.1, 0.15) is 25.3 Å². The summed E-state index contributed by atoms with van der Waals surface area (Å²) in [5.41, 5.74) is 0. The summed E-state index contributed by atoms with van der Waals surface area (Å²) in [5, 5.41) is 12.2. The molecular formula is C9H15N3OS2. The summed E-state index contributed by atoms with van der Waals surface area (Å²) in [5.74, 6) is 1.05. The lowest BCUT2D eigenvalue weighted by Crippen LogP contribution is -2.16. The van der Waals surface area contributed by atoms with Crippen molar-refractivity contribution in [2.75, 3.05) is 11.1 Å². The van der Waals surface area contributed by atoms with Gasteiger partial charge in [-0.1, -0.05) is 25.2 Å². The Morgan fingerprint density at radius 1 is 1.60 bits per heavy atom. The zero-order valence-corrected chi connectivity index (χ0v) is 10.7. The maximum atomic E-state index is 11.5. The molecule has 0 bridgehead atoms. The zero-order valence-electron chi connectivity index (χ0n) is 9.11. The van der Waals surface area contributed by atoms with Gasteiger partial charge in [0, 0.05) is 11.7 Å². The number of anilines is 1. The first-order chi connectivity index (χ1) is 7.11. The van der Waals surface area contributed by atoms with Crippen molar-refractivity contribution in [3.8, 4) is 0 Å². The largest absolute Gasteiger partial charge is 0.300 e. The molecule has 0 aromatic carbocycles. The molecule has 0 saturated carbocycles. The van der Waals surface area contributed by atoms with Crippen LogP contribution < -0.4 is 5.32 Å². The van der Waals surface area contributed by atoms with E-state index >= 15 is 0 Å². The third kappa shape index (κ3) is 4.61. The smallest absolute Gasteiger partial charge is 0.227 e. The second-order valence-electron chi connectivity index (χ2n) is 3.14. The SMILES string of the molecule is CCSC(C)CC(=O)Nc1nnc(C)s1. The molecule has 4 nitrogen and oxygen atoms in total. The van der Waals surface area contributed by atoms with Gasteiger partial charge in [0.05, 0.1) is 0 Å². The van der Waals surface area contributed by atoms with Crippen molar-refractivity contribution in [1.29, 1.82) is 0 Å². The van der Waals surface area contributed by atoms with E-state index in [1.54, 1.807) is 11.8 Å². The molecule has 1 unspecified atom stereocenters. The first-order valence-electron chi connectivity index (χ1n) is 4.83. The lowest BCUT2D eigenvalue weighted by atomic mass is 10.3. The van der Waals surface area contributed by atoms with Crippen molar-refractivity contribution in [3.63, 3.8) is 0 Å². The number of rotatable bonds is 5. The highest BCUT2D eigenvalue weighted by atomic mass is 32.2. The van der Waals surface area contributed by atoms with Crippen molar-refractivity contribution < 1.29 is 4.79 Å². The lowest BCUT2D eigenvalue weighted by Gasteiger charge is -2.08. The van der Waals surface area contributed by atoms with Gasteiger partial charge in [-0.05, 0) is 12.7 Å². The molecule has 0 aliphatic heterocycles. The van der Waals surface area contributed by atoms with Crippen LogP contribution in [-0.2, 0) is 4.79 Å². The minimum absolute atomic E-state index is 0.0135. The van der Waals surface area contributed by atoms with E-state index in [2.05, 4.69) is 29.4 Å². The summed E-state index contributed by atoms with van der Waals surface area (Å²) >= 11 is 3.18. The van der Waals surface area contributed by atoms with Crippen LogP contribution in [0.2, 0.25) is 0 Å². The average Bonchev–Trinajstić information content (AvgIpc) is 2.51. The normalized spacial score (nSPS) is 12.5. The van der Waals surface area contributed by atoms with E-state index < -0.39 is 0 Å². The fourth-order valence-electron chi connectivity index (χ4n) is 1.12. The van der Waals surface area contributed by atoms with Crippen LogP contribution in [0.4, 0.5) is 5.13 Å². The van der Waals surface area contributed by atoms with Gasteiger partial charge in [-0.15, -0.1) is 10.2 Å². The van der Waals surface area contributed by atoms with Gasteiger partial charge < -0.3 is 5.32 Å². The van der Waals surface area contributed by atoms with E-state index in [1.807, 2.05) is 6.92 Å². The summed E-state index contributed by atoms with van der Waals surface area (Å²) in [6.45, 7) is 6.01. The molecule has 1 aromatic rings. The van der Waals surface area contributed by atoms with E-state index in [0.717, 1.165) is 10.8 Å². The first kappa shape index (κ1) is 12.4. The maximum absolute atomic E-state index is 11.5. The van der Waals surface area contributed by atoms with Crippen LogP contribution in [0.15, 0.2) is 0 Å². The Morgan fingerprint density at radius 3 is 2.87 bits per heavy atom. The molecule has 1 amide bonds. The van der Waals surface area contributed by atoms with Crippen molar-refractivity contribution in [2.24, 2.45) is 0 Å². The van der Waals surface area contributed by atoms with Crippen LogP contribution >= 0.6 is 23.1 Å². The predicted octanol–water partition coefficient (Wildman–Crippen LogP) is 2.32. The molecule has 1 atom stereocenters. The third-order valence-electron chi connectivity index (χ3n) is 1.70. The van der Waals surface area contributed by atoms with Gasteiger partial charge in [0.25, 0.3) is 0 Å². The molecule has 1 heterocycles. The number of carbonyl (C=O) groups is 1. The number of nitrogens with zero attached hydrogens (tertiary/aromatic N) is 2. The predicted molar refractivity (Wildman–Crippen MR) is 65.5 cm³/mol. The molecule has 1 rings (SSSR count). The maximum Gasteiger partial charge on any atom is 0.227 e. The van der Waals surface area contributed by atoms with Gasteiger partial charge in [-0.2, -0.15) is 11.8 Å². The molecule has 0 aliphatic rings. The van der Waals surface area contributed by atoms with E-state index in [1.165, 1.54) is 11.3 Å². The highest BCUT2D eigenvalue weighted by molar-refractivity contribution is 7.99. The summed E-state index contributed by atoms with van der Waals surface area (Å²) in [4.78, 5) is 11.5. The highest BCUT2D eigenvalue weighted by Gasteiger charge is 2.10. The summed E-state index contributed by atoms with van der Waals surface area (Å²) < 4.78 is 0. The van der Waals surface area contributed by atoms with Crippen molar-refractivity contribution in [3.05, 3.63) is 5.01 Å². The Morgan fingerprint density at radius 2 is 2.33 bits per heavy atom. The Hall–Kier alpha value is -0.620. The van der Waals surface area contributed by atoms with Crippen molar-refractivity contribution >= 4 is 34.1 Å². The monoisotopic (exact) mass is 245 g/mol. The lowest BCUT2D eigenvalue weighted by molar-refractivity contribution is -0.116. The number of thioether (sulfide) groups is 1. The summed E-state index contributed by atoms with van der Waals surface area (Å²) in [7, 11) is 0. The third-order valence-corrected chi connectivity index (χ3v) is 3.52. The van der Waals surface area contributed by atoms with Gasteiger partial charge >= 0.3 is 0 Å². The van der Waals surface area contributed by atoms with Crippen LogP contribution in [0, 0.1) is 6.92 Å². The number of hydrogen-bond acceptors (Lipinski definition) is 5. The van der Waals surface area contributed by atoms with Gasteiger partial charge in [-0.3, -0.25) is 4.79 Å². The van der Waals surface area contributed by atoms with E-state index in [9.17, 15) is 4.79 Å². The van der Waals surface area contributed by atoms with Crippen molar-refractivity contribution in [2.45, 2.75) is 32.4 Å². The van der Waals surface area contributed by atoms with E-state index in [4.69, 9.17) is 0 Å². The molecule has 6 heteroatoms. The number of hydrogen-bond donors (Lipinski definition) is 1. The van der Waals surface area contributed by atoms with Crippen LogP contribution in [-0.4, -0.2) is 27.1 Å². The summed E-state index contributed by atoms with van der Waals surface area (Å²) in [6, 6.07) is 0. The standard InChI is InChI=1S/C9H15N3OS2/c1-4-14-6(2)5-8(13)10-9-12-11-7(3)15-9/h6H,4-5H2,1-3H3,(H,10,12,13). The molecule has 0 saturated heterocycles. The zero-order chi connectivity index (χ0) is 11.3. The van der Waals surface area contributed by atoms with Gasteiger partial charge in [-0.25, -0.2) is 0 Å². The molecular weight excluding hydrogens is 230 g/mol. The summed E-state index contributed by atoms with van der Waals surface area (Å²) in [6.07, 6.45) is 0.525. The fourth-order valence-corrected chi connectivity index (χ4v) is 2.57. The second kappa shape index (κ2) is 6.07. The molecule has 0 spiro atoms. The van der Waals surface area contributed by atoms with Crippen LogP contribution in [0.25, 0.3) is 0 Å². The topological polar surface area (TPSA) is 54.9 Å². The number of amides is 1. The average molecular weight is 245 g/mol. The molecule has 15 heavy (non-hydrogen) atoms.